The Kier molecular flexibility index (Phi) is 3.86. The largest absolute Gasteiger partial charge is 0.493 e. The molecule has 2 aromatic heterocycles. The van der Waals surface area contributed by atoms with Crippen LogP contribution in [0.5, 0.6) is 5.75 Å². The van der Waals surface area contributed by atoms with Gasteiger partial charge in [0.25, 0.3) is 0 Å². The van der Waals surface area contributed by atoms with E-state index >= 15 is 0 Å². The number of furan rings is 1. The molecule has 0 atom stereocenters. The van der Waals surface area contributed by atoms with Gasteiger partial charge < -0.3 is 14.5 Å². The van der Waals surface area contributed by atoms with Crippen molar-refractivity contribution in [1.29, 1.82) is 0 Å². The highest BCUT2D eigenvalue weighted by Gasteiger charge is 2.10. The quantitative estimate of drug-likeness (QED) is 0.759. The van der Waals surface area contributed by atoms with Crippen LogP contribution < -0.4 is 10.1 Å². The van der Waals surface area contributed by atoms with Crippen molar-refractivity contribution in [3.8, 4) is 17.2 Å². The number of rotatable bonds is 5. The predicted molar refractivity (Wildman–Crippen MR) is 87.1 cm³/mol. The molecule has 0 amide bonds. The van der Waals surface area contributed by atoms with Crippen LogP contribution in [0.25, 0.3) is 11.5 Å². The first kappa shape index (κ1) is 14.1. The van der Waals surface area contributed by atoms with Crippen molar-refractivity contribution in [2.45, 2.75) is 25.9 Å². The Balaban J connectivity index is 1.35. The molecule has 0 radical (unpaired) electrons. The lowest BCUT2D eigenvalue weighted by atomic mass is 10.0. The number of hydrogen-bond acceptors (Lipinski definition) is 4. The van der Waals surface area contributed by atoms with Crippen molar-refractivity contribution in [3.05, 3.63) is 59.5 Å². The fourth-order valence-electron chi connectivity index (χ4n) is 2.86. The molecule has 0 aliphatic carbocycles. The summed E-state index contributed by atoms with van der Waals surface area (Å²) in [5.41, 5.74) is 3.48. The molecule has 1 aliphatic heterocycles. The number of aromatic nitrogens is 2. The maximum absolute atomic E-state index is 5.80. The second-order valence-electron chi connectivity index (χ2n) is 5.73. The van der Waals surface area contributed by atoms with Gasteiger partial charge in [0.1, 0.15) is 17.2 Å². The third kappa shape index (κ3) is 3.14. The zero-order chi connectivity index (χ0) is 15.5. The third-order valence-corrected chi connectivity index (χ3v) is 4.03. The Morgan fingerprint density at radius 1 is 1.13 bits per heavy atom. The van der Waals surface area contributed by atoms with E-state index in [1.165, 1.54) is 11.1 Å². The zero-order valence-electron chi connectivity index (χ0n) is 12.8. The molecule has 1 aliphatic rings. The number of hydrogen-bond donors (Lipinski definition) is 2. The van der Waals surface area contributed by atoms with Crippen LogP contribution in [0.2, 0.25) is 0 Å². The molecule has 0 bridgehead atoms. The lowest BCUT2D eigenvalue weighted by Crippen LogP contribution is -2.13. The van der Waals surface area contributed by atoms with Gasteiger partial charge in [-0.1, -0.05) is 12.1 Å². The van der Waals surface area contributed by atoms with Crippen LogP contribution in [0, 0.1) is 0 Å². The second kappa shape index (κ2) is 6.30. The van der Waals surface area contributed by atoms with Gasteiger partial charge in [-0.05, 0) is 48.2 Å². The van der Waals surface area contributed by atoms with E-state index in [0.29, 0.717) is 6.54 Å². The molecule has 2 N–H and O–H groups in total. The first-order valence-corrected chi connectivity index (χ1v) is 7.92. The summed E-state index contributed by atoms with van der Waals surface area (Å²) in [7, 11) is 0. The van der Waals surface area contributed by atoms with Crippen molar-refractivity contribution in [2.75, 3.05) is 6.61 Å². The first-order chi connectivity index (χ1) is 11.4. The van der Waals surface area contributed by atoms with Crippen LogP contribution in [-0.2, 0) is 19.5 Å². The molecule has 3 heterocycles. The summed E-state index contributed by atoms with van der Waals surface area (Å²) in [5.74, 6) is 2.76. The molecule has 0 fully saturated rings. The fourth-order valence-corrected chi connectivity index (χ4v) is 2.86. The molecule has 5 nitrogen and oxygen atoms in total. The van der Waals surface area contributed by atoms with Gasteiger partial charge in [-0.15, -0.1) is 0 Å². The topological polar surface area (TPSA) is 63.1 Å². The van der Waals surface area contributed by atoms with Crippen molar-refractivity contribution >= 4 is 0 Å². The number of H-pyrrole nitrogens is 1. The van der Waals surface area contributed by atoms with Crippen molar-refractivity contribution in [2.24, 2.45) is 0 Å². The van der Waals surface area contributed by atoms with E-state index in [0.717, 1.165) is 49.0 Å². The van der Waals surface area contributed by atoms with Gasteiger partial charge >= 0.3 is 0 Å². The van der Waals surface area contributed by atoms with Crippen LogP contribution in [-0.4, -0.2) is 16.8 Å². The van der Waals surface area contributed by atoms with Crippen molar-refractivity contribution in [3.63, 3.8) is 0 Å². The molecular weight excluding hydrogens is 290 g/mol. The predicted octanol–water partition coefficient (Wildman–Crippen LogP) is 3.28. The molecular formula is C18H19N3O2. The van der Waals surface area contributed by atoms with Gasteiger partial charge in [0.2, 0.25) is 0 Å². The highest BCUT2D eigenvalue weighted by atomic mass is 16.5. The number of fused-ring (bicyclic) bond motifs is 1. The van der Waals surface area contributed by atoms with Gasteiger partial charge in [0, 0.05) is 12.7 Å². The summed E-state index contributed by atoms with van der Waals surface area (Å²) in [6, 6.07) is 12.3. The average molecular weight is 309 g/mol. The van der Waals surface area contributed by atoms with E-state index < -0.39 is 0 Å². The minimum absolute atomic E-state index is 0.696. The van der Waals surface area contributed by atoms with Crippen molar-refractivity contribution < 1.29 is 9.15 Å². The number of aryl methyl sites for hydroxylation is 1. The molecule has 0 unspecified atom stereocenters. The summed E-state index contributed by atoms with van der Waals surface area (Å²) in [5, 5.41) is 10.3. The first-order valence-electron chi connectivity index (χ1n) is 7.92. The zero-order valence-corrected chi connectivity index (χ0v) is 12.8. The molecule has 0 spiro atoms. The Morgan fingerprint density at radius 3 is 3.04 bits per heavy atom. The van der Waals surface area contributed by atoms with Crippen LogP contribution in [0.1, 0.15) is 23.3 Å². The molecule has 0 saturated carbocycles. The highest BCUT2D eigenvalue weighted by molar-refractivity contribution is 5.51. The van der Waals surface area contributed by atoms with E-state index in [1.54, 1.807) is 6.20 Å². The molecule has 1 aromatic carbocycles. The summed E-state index contributed by atoms with van der Waals surface area (Å²) < 4.78 is 11.4. The number of nitrogens with one attached hydrogen (secondary N) is 2. The number of nitrogens with zero attached hydrogens (tertiary/aromatic N) is 1. The lowest BCUT2D eigenvalue weighted by molar-refractivity contribution is 0.288. The van der Waals surface area contributed by atoms with Gasteiger partial charge in [-0.25, -0.2) is 0 Å². The van der Waals surface area contributed by atoms with E-state index in [9.17, 15) is 0 Å². The highest BCUT2D eigenvalue weighted by Crippen LogP contribution is 2.25. The Labute approximate surface area is 134 Å². The Hall–Kier alpha value is -2.53. The fraction of sp³-hybridized carbons (Fsp3) is 0.278. The normalized spacial score (nSPS) is 13.6. The molecule has 3 aromatic rings. The van der Waals surface area contributed by atoms with E-state index in [4.69, 9.17) is 9.15 Å². The van der Waals surface area contributed by atoms with Gasteiger partial charge in [0.05, 0.1) is 13.2 Å². The number of aromatic amines is 1. The minimum atomic E-state index is 0.696. The van der Waals surface area contributed by atoms with Crippen LogP contribution >= 0.6 is 0 Å². The molecule has 0 saturated heterocycles. The maximum Gasteiger partial charge on any atom is 0.152 e. The standard InChI is InChI=1S/C18H19N3O2/c1-2-14-10-13(3-5-17(14)22-9-1)11-19-12-15-4-6-18(23-15)16-7-8-20-21-16/h3-8,10,19H,1-2,9,11-12H2,(H,20,21). The summed E-state index contributed by atoms with van der Waals surface area (Å²) in [6.07, 6.45) is 3.93. The monoisotopic (exact) mass is 309 g/mol. The van der Waals surface area contributed by atoms with Crippen LogP contribution in [0.4, 0.5) is 0 Å². The summed E-state index contributed by atoms with van der Waals surface area (Å²) >= 11 is 0. The molecule has 4 rings (SSSR count). The SMILES string of the molecule is c1cc(-c2ccc(CNCc3ccc4c(c3)CCCO4)o2)[nH]n1. The third-order valence-electron chi connectivity index (χ3n) is 4.03. The van der Waals surface area contributed by atoms with Crippen LogP contribution in [0.15, 0.2) is 47.0 Å². The Morgan fingerprint density at radius 2 is 2.13 bits per heavy atom. The lowest BCUT2D eigenvalue weighted by Gasteiger charge is -2.17. The van der Waals surface area contributed by atoms with Crippen LogP contribution in [0.3, 0.4) is 0 Å². The smallest absolute Gasteiger partial charge is 0.152 e. The van der Waals surface area contributed by atoms with Gasteiger partial charge in [-0.2, -0.15) is 5.10 Å². The summed E-state index contributed by atoms with van der Waals surface area (Å²) in [4.78, 5) is 0. The summed E-state index contributed by atoms with van der Waals surface area (Å²) in [6.45, 7) is 2.34. The second-order valence-corrected chi connectivity index (χ2v) is 5.73. The molecule has 5 heteroatoms. The maximum atomic E-state index is 5.80. The number of benzene rings is 1. The van der Waals surface area contributed by atoms with Gasteiger partial charge in [-0.3, -0.25) is 5.10 Å². The number of ether oxygens (including phenoxy) is 1. The van der Waals surface area contributed by atoms with E-state index in [1.807, 2.05) is 18.2 Å². The average Bonchev–Trinajstić information content (AvgIpc) is 3.26. The molecule has 118 valence electrons. The van der Waals surface area contributed by atoms with Gasteiger partial charge in [0.15, 0.2) is 5.76 Å². The molecule has 23 heavy (non-hydrogen) atoms. The minimum Gasteiger partial charge on any atom is -0.493 e. The Bertz CT molecular complexity index is 777. The van der Waals surface area contributed by atoms with Crippen molar-refractivity contribution in [1.82, 2.24) is 15.5 Å². The van der Waals surface area contributed by atoms with E-state index in [-0.39, 0.29) is 0 Å². The van der Waals surface area contributed by atoms with E-state index in [2.05, 4.69) is 33.7 Å².